The number of hydrogen-bond donors (Lipinski definition) is 3. The van der Waals surface area contributed by atoms with Crippen molar-refractivity contribution >= 4 is 17.9 Å². The van der Waals surface area contributed by atoms with Crippen LogP contribution in [0, 0.1) is 11.3 Å². The average Bonchev–Trinajstić information content (AvgIpc) is 3.25. The molecule has 0 radical (unpaired) electrons. The molecule has 0 aromatic carbocycles. The number of aliphatic carboxylic acids is 1. The van der Waals surface area contributed by atoms with E-state index in [0.717, 1.165) is 5.92 Å². The topological polar surface area (TPSA) is 95.5 Å². The number of imide groups is 1. The number of carboxylic acids is 1. The van der Waals surface area contributed by atoms with Gasteiger partial charge in [0.1, 0.15) is 0 Å². The summed E-state index contributed by atoms with van der Waals surface area (Å²) < 4.78 is 0. The van der Waals surface area contributed by atoms with Gasteiger partial charge in [-0.2, -0.15) is 0 Å². The minimum atomic E-state index is -0.863. The summed E-state index contributed by atoms with van der Waals surface area (Å²) in [5.41, 5.74) is 0.321. The van der Waals surface area contributed by atoms with Gasteiger partial charge < -0.3 is 10.4 Å². The minimum Gasteiger partial charge on any atom is -0.481 e. The van der Waals surface area contributed by atoms with Crippen LogP contribution in [0.3, 0.4) is 0 Å². The lowest BCUT2D eigenvalue weighted by molar-refractivity contribution is -0.137. The summed E-state index contributed by atoms with van der Waals surface area (Å²) in [7, 11) is 0. The lowest BCUT2D eigenvalue weighted by Gasteiger charge is -2.15. The van der Waals surface area contributed by atoms with Gasteiger partial charge in [0.05, 0.1) is 0 Å². The van der Waals surface area contributed by atoms with Gasteiger partial charge >= 0.3 is 12.0 Å². The van der Waals surface area contributed by atoms with E-state index in [4.69, 9.17) is 5.11 Å². The van der Waals surface area contributed by atoms with Crippen molar-refractivity contribution in [2.75, 3.05) is 6.54 Å². The molecule has 2 saturated carbocycles. The van der Waals surface area contributed by atoms with Gasteiger partial charge in [-0.3, -0.25) is 14.9 Å². The average molecular weight is 282 g/mol. The monoisotopic (exact) mass is 282 g/mol. The van der Waals surface area contributed by atoms with E-state index in [-0.39, 0.29) is 18.7 Å². The summed E-state index contributed by atoms with van der Waals surface area (Å²) in [6.07, 6.45) is 6.09. The molecule has 0 saturated heterocycles. The number of hydrogen-bond acceptors (Lipinski definition) is 3. The van der Waals surface area contributed by atoms with Gasteiger partial charge in [-0.25, -0.2) is 4.79 Å². The van der Waals surface area contributed by atoms with E-state index in [9.17, 15) is 14.4 Å². The second kappa shape index (κ2) is 6.24. The summed E-state index contributed by atoms with van der Waals surface area (Å²) in [6, 6.07) is -0.430. The lowest BCUT2D eigenvalue weighted by Crippen LogP contribution is -2.42. The fraction of sp³-hybridized carbons (Fsp3) is 0.786. The van der Waals surface area contributed by atoms with Crippen LogP contribution < -0.4 is 10.6 Å². The van der Waals surface area contributed by atoms with E-state index in [1.54, 1.807) is 0 Å². The first kappa shape index (κ1) is 14.8. The fourth-order valence-corrected chi connectivity index (χ4v) is 2.64. The Balaban J connectivity index is 1.54. The Bertz CT molecular complexity index is 400. The van der Waals surface area contributed by atoms with Crippen LogP contribution >= 0.6 is 0 Å². The van der Waals surface area contributed by atoms with Crippen molar-refractivity contribution < 1.29 is 19.5 Å². The molecule has 0 aliphatic heterocycles. The van der Waals surface area contributed by atoms with Crippen LogP contribution in [0.25, 0.3) is 0 Å². The third-order valence-corrected chi connectivity index (χ3v) is 4.23. The molecule has 3 N–H and O–H groups in total. The highest BCUT2D eigenvalue weighted by Gasteiger charge is 2.53. The van der Waals surface area contributed by atoms with Crippen molar-refractivity contribution in [1.82, 2.24) is 10.6 Å². The summed E-state index contributed by atoms with van der Waals surface area (Å²) in [5.74, 6) is -0.434. The van der Waals surface area contributed by atoms with Gasteiger partial charge in [0.2, 0.25) is 5.91 Å². The quantitative estimate of drug-likeness (QED) is 0.590. The highest BCUT2D eigenvalue weighted by atomic mass is 16.4. The predicted octanol–water partition coefficient (Wildman–Crippen LogP) is 1.65. The van der Waals surface area contributed by atoms with Crippen LogP contribution in [-0.4, -0.2) is 29.6 Å². The molecule has 6 nitrogen and oxygen atoms in total. The molecule has 0 aromatic rings. The number of urea groups is 1. The van der Waals surface area contributed by atoms with Crippen LogP contribution in [0.4, 0.5) is 4.79 Å². The SMILES string of the molecule is O=C(O)CCCCC(=O)NC(=O)NCC1(C2CC2)CC1. The second-order valence-corrected chi connectivity index (χ2v) is 5.97. The Morgan fingerprint density at radius 3 is 2.30 bits per heavy atom. The van der Waals surface area contributed by atoms with Crippen molar-refractivity contribution in [2.24, 2.45) is 11.3 Å². The van der Waals surface area contributed by atoms with Crippen LogP contribution in [0.5, 0.6) is 0 Å². The summed E-state index contributed by atoms with van der Waals surface area (Å²) in [6.45, 7) is 0.662. The standard InChI is InChI=1S/C14H22N2O4/c17-11(3-1-2-4-12(18)19)16-13(20)15-9-14(7-8-14)10-5-6-10/h10H,1-9H2,(H,18,19)(H2,15,16,17,20). The number of carbonyl (C=O) groups is 3. The highest BCUT2D eigenvalue weighted by molar-refractivity contribution is 5.94. The van der Waals surface area contributed by atoms with Gasteiger partial charge in [0.15, 0.2) is 0 Å². The van der Waals surface area contributed by atoms with E-state index < -0.39 is 12.0 Å². The zero-order valence-electron chi connectivity index (χ0n) is 11.6. The molecule has 0 aromatic heterocycles. The number of nitrogens with one attached hydrogen (secondary N) is 2. The van der Waals surface area contributed by atoms with E-state index in [1.807, 2.05) is 0 Å². The maximum absolute atomic E-state index is 11.6. The Labute approximate surface area is 118 Å². The molecule has 0 heterocycles. The molecule has 2 rings (SSSR count). The molecule has 2 aliphatic carbocycles. The number of rotatable bonds is 8. The Kier molecular flexibility index (Phi) is 4.62. The first-order valence-electron chi connectivity index (χ1n) is 7.31. The first-order chi connectivity index (χ1) is 9.52. The smallest absolute Gasteiger partial charge is 0.321 e. The minimum absolute atomic E-state index is 0.0589. The molecule has 0 atom stereocenters. The van der Waals surface area contributed by atoms with Crippen molar-refractivity contribution in [1.29, 1.82) is 0 Å². The maximum atomic E-state index is 11.6. The van der Waals surface area contributed by atoms with E-state index in [2.05, 4.69) is 10.6 Å². The van der Waals surface area contributed by atoms with Crippen LogP contribution in [0.15, 0.2) is 0 Å². The normalized spacial score (nSPS) is 19.2. The zero-order valence-corrected chi connectivity index (χ0v) is 11.6. The molecule has 3 amide bonds. The van der Waals surface area contributed by atoms with Gasteiger partial charge in [-0.05, 0) is 49.9 Å². The molecule has 6 heteroatoms. The maximum Gasteiger partial charge on any atom is 0.321 e. The third-order valence-electron chi connectivity index (χ3n) is 4.23. The molecule has 2 aliphatic rings. The Morgan fingerprint density at radius 1 is 1.10 bits per heavy atom. The van der Waals surface area contributed by atoms with Crippen LogP contribution in [0.2, 0.25) is 0 Å². The van der Waals surface area contributed by atoms with Crippen molar-refractivity contribution in [3.05, 3.63) is 0 Å². The fourth-order valence-electron chi connectivity index (χ4n) is 2.64. The van der Waals surface area contributed by atoms with Crippen molar-refractivity contribution in [2.45, 2.75) is 51.4 Å². The predicted molar refractivity (Wildman–Crippen MR) is 72.0 cm³/mol. The number of carbonyl (C=O) groups excluding carboxylic acids is 2. The molecular formula is C14H22N2O4. The van der Waals surface area contributed by atoms with Gasteiger partial charge in [0.25, 0.3) is 0 Å². The lowest BCUT2D eigenvalue weighted by atomic mass is 10.0. The van der Waals surface area contributed by atoms with Crippen molar-refractivity contribution in [3.63, 3.8) is 0 Å². The number of carboxylic acid groups (broad SMARTS) is 1. The van der Waals surface area contributed by atoms with Gasteiger partial charge in [0, 0.05) is 19.4 Å². The van der Waals surface area contributed by atoms with E-state index >= 15 is 0 Å². The third kappa shape index (κ3) is 4.51. The Hall–Kier alpha value is -1.59. The highest BCUT2D eigenvalue weighted by Crippen LogP contribution is 2.60. The summed E-state index contributed by atoms with van der Waals surface area (Å²) in [4.78, 5) is 33.3. The van der Waals surface area contributed by atoms with Crippen molar-refractivity contribution in [3.8, 4) is 0 Å². The Morgan fingerprint density at radius 2 is 1.75 bits per heavy atom. The molecule has 0 bridgehead atoms. The number of unbranched alkanes of at least 4 members (excludes halogenated alkanes) is 1. The molecule has 0 unspecified atom stereocenters. The molecule has 0 spiro atoms. The molecule has 2 fully saturated rings. The van der Waals surface area contributed by atoms with Crippen LogP contribution in [-0.2, 0) is 9.59 Å². The summed E-state index contributed by atoms with van der Waals surface area (Å²) in [5, 5.41) is 13.5. The van der Waals surface area contributed by atoms with Gasteiger partial charge in [-0.1, -0.05) is 0 Å². The zero-order chi connectivity index (χ0) is 14.6. The van der Waals surface area contributed by atoms with E-state index in [0.29, 0.717) is 24.8 Å². The summed E-state index contributed by atoms with van der Waals surface area (Å²) >= 11 is 0. The molecule has 112 valence electrons. The van der Waals surface area contributed by atoms with Crippen LogP contribution in [0.1, 0.15) is 51.4 Å². The molecular weight excluding hydrogens is 260 g/mol. The second-order valence-electron chi connectivity index (χ2n) is 5.97. The number of amides is 3. The van der Waals surface area contributed by atoms with Gasteiger partial charge in [-0.15, -0.1) is 0 Å². The first-order valence-corrected chi connectivity index (χ1v) is 7.31. The largest absolute Gasteiger partial charge is 0.481 e. The molecule has 20 heavy (non-hydrogen) atoms. The van der Waals surface area contributed by atoms with E-state index in [1.165, 1.54) is 25.7 Å².